The third-order valence-corrected chi connectivity index (χ3v) is 10.5. The van der Waals surface area contributed by atoms with Gasteiger partial charge in [0.2, 0.25) is 17.7 Å². The van der Waals surface area contributed by atoms with Gasteiger partial charge >= 0.3 is 0 Å². The first-order valence-corrected chi connectivity index (χ1v) is 15.0. The molecule has 0 saturated carbocycles. The Balaban J connectivity index is 1.43. The number of rotatable bonds is 7. The van der Waals surface area contributed by atoms with E-state index in [0.29, 0.717) is 19.6 Å². The van der Waals surface area contributed by atoms with Gasteiger partial charge in [0.25, 0.3) is 0 Å². The Kier molecular flexibility index (Phi) is 6.98. The molecule has 0 bridgehead atoms. The largest absolute Gasteiger partial charge is 0.394 e. The van der Waals surface area contributed by atoms with Gasteiger partial charge in [0.15, 0.2) is 0 Å². The lowest BCUT2D eigenvalue weighted by molar-refractivity contribution is -0.148. The molecule has 2 fully saturated rings. The van der Waals surface area contributed by atoms with Crippen LogP contribution in [0.3, 0.4) is 0 Å². The van der Waals surface area contributed by atoms with Crippen LogP contribution in [0.5, 0.6) is 0 Å². The van der Waals surface area contributed by atoms with Crippen LogP contribution in [0.15, 0.2) is 48.6 Å². The quantitative estimate of drug-likeness (QED) is 0.512. The summed E-state index contributed by atoms with van der Waals surface area (Å²) in [7, 11) is 0. The molecular formula is C29H36N6O4S. The number of likely N-dealkylation sites (tertiary alicyclic amines) is 1. The fraction of sp³-hybridized carbons (Fsp3) is 0.552. The first kappa shape index (κ1) is 27.0. The van der Waals surface area contributed by atoms with Gasteiger partial charge in [0.05, 0.1) is 34.7 Å². The van der Waals surface area contributed by atoms with Crippen molar-refractivity contribution in [1.82, 2.24) is 29.7 Å². The van der Waals surface area contributed by atoms with Gasteiger partial charge in [-0.05, 0) is 24.5 Å². The number of benzene rings is 1. The molecule has 2 saturated heterocycles. The molecule has 6 rings (SSSR count). The second kappa shape index (κ2) is 10.3. The molecule has 11 heteroatoms. The predicted molar refractivity (Wildman–Crippen MR) is 152 cm³/mol. The molecule has 6 atom stereocenters. The molecule has 40 heavy (non-hydrogen) atoms. The number of aliphatic hydroxyl groups is 1. The molecule has 4 aliphatic heterocycles. The van der Waals surface area contributed by atoms with E-state index in [2.05, 4.69) is 16.4 Å². The lowest BCUT2D eigenvalue weighted by Gasteiger charge is -2.39. The molecule has 5 heterocycles. The van der Waals surface area contributed by atoms with Gasteiger partial charge in [0, 0.05) is 24.9 Å². The predicted octanol–water partition coefficient (Wildman–Crippen LogP) is 1.91. The number of para-hydroxylation sites is 1. The summed E-state index contributed by atoms with van der Waals surface area (Å²) in [6.45, 7) is 7.34. The molecule has 1 aromatic heterocycles. The average Bonchev–Trinajstić information content (AvgIpc) is 3.49. The summed E-state index contributed by atoms with van der Waals surface area (Å²) in [6, 6.07) is 6.19. The Morgan fingerprint density at radius 2 is 1.85 bits per heavy atom. The van der Waals surface area contributed by atoms with E-state index in [0.717, 1.165) is 17.5 Å². The van der Waals surface area contributed by atoms with Crippen molar-refractivity contribution >= 4 is 40.5 Å². The van der Waals surface area contributed by atoms with Crippen molar-refractivity contribution in [1.29, 1.82) is 0 Å². The minimum Gasteiger partial charge on any atom is -0.394 e. The second-order valence-corrected chi connectivity index (χ2v) is 13.0. The number of amides is 3. The maximum Gasteiger partial charge on any atom is 0.248 e. The van der Waals surface area contributed by atoms with E-state index < -0.39 is 28.7 Å². The number of aliphatic hydroxyl groups excluding tert-OH is 1. The Bertz CT molecular complexity index is 1390. The van der Waals surface area contributed by atoms with Crippen molar-refractivity contribution in [3.8, 4) is 0 Å². The smallest absolute Gasteiger partial charge is 0.248 e. The molecule has 10 nitrogen and oxygen atoms in total. The van der Waals surface area contributed by atoms with E-state index in [1.807, 2.05) is 68.2 Å². The third kappa shape index (κ3) is 4.00. The number of hydrogen-bond acceptors (Lipinski definition) is 7. The van der Waals surface area contributed by atoms with E-state index in [4.69, 9.17) is 0 Å². The SMILES string of the molecule is CCCN1CC=C[C@H]2S[C@]34C=CCN(Cn5nnc6ccccc65)C(=O)C3N([C@@H](CO)C(C)C)C(=O)[C@@H]4[C@H]2C1=O. The van der Waals surface area contributed by atoms with Crippen molar-refractivity contribution in [3.63, 3.8) is 0 Å². The van der Waals surface area contributed by atoms with Gasteiger partial charge in [-0.25, -0.2) is 4.68 Å². The second-order valence-electron chi connectivity index (χ2n) is 11.5. The standard InChI is InChI=1S/C29H36N6O4S/c1-4-13-32-14-7-11-22-23(26(32)37)24-27(38)35(21(16-36)18(2)3)25-28(39)33(15-8-12-29(24,25)40-22)17-34-20-10-6-5-9-19(20)30-31-34/h5-12,18,21-25,36H,4,13-17H2,1-3H3/t21-,22+,23-,24-,25?,29-/m0/s1. The number of carbonyl (C=O) groups is 3. The van der Waals surface area contributed by atoms with Crippen LogP contribution >= 0.6 is 11.8 Å². The van der Waals surface area contributed by atoms with Crippen molar-refractivity contribution in [2.24, 2.45) is 17.8 Å². The van der Waals surface area contributed by atoms with Crippen LogP contribution in [0.25, 0.3) is 11.0 Å². The highest BCUT2D eigenvalue weighted by atomic mass is 32.2. The molecule has 0 aliphatic carbocycles. The molecule has 1 N–H and O–H groups in total. The minimum absolute atomic E-state index is 0.0266. The summed E-state index contributed by atoms with van der Waals surface area (Å²) in [6.07, 6.45) is 8.87. The van der Waals surface area contributed by atoms with Gasteiger partial charge < -0.3 is 19.8 Å². The van der Waals surface area contributed by atoms with E-state index in [1.54, 1.807) is 26.2 Å². The van der Waals surface area contributed by atoms with Crippen molar-refractivity contribution in [2.45, 2.75) is 55.9 Å². The molecule has 1 aromatic carbocycles. The van der Waals surface area contributed by atoms with Crippen LogP contribution in [0.1, 0.15) is 27.2 Å². The van der Waals surface area contributed by atoms with Gasteiger partial charge in [-0.3, -0.25) is 14.4 Å². The lowest BCUT2D eigenvalue weighted by Crippen LogP contribution is -2.57. The van der Waals surface area contributed by atoms with Gasteiger partial charge in [-0.1, -0.05) is 62.4 Å². The molecule has 4 aliphatic rings. The fourth-order valence-electron chi connectivity index (χ4n) is 6.93. The molecule has 3 amide bonds. The molecule has 1 unspecified atom stereocenters. The Morgan fingerprint density at radius 3 is 2.60 bits per heavy atom. The maximum absolute atomic E-state index is 14.6. The lowest BCUT2D eigenvalue weighted by atomic mass is 9.78. The zero-order chi connectivity index (χ0) is 28.2. The molecular weight excluding hydrogens is 528 g/mol. The summed E-state index contributed by atoms with van der Waals surface area (Å²) >= 11 is 1.56. The summed E-state index contributed by atoms with van der Waals surface area (Å²) in [5, 5.41) is 18.8. The highest BCUT2D eigenvalue weighted by Crippen LogP contribution is 2.61. The average molecular weight is 565 g/mol. The summed E-state index contributed by atoms with van der Waals surface area (Å²) in [4.78, 5) is 48.1. The molecule has 212 valence electrons. The highest BCUT2D eigenvalue weighted by molar-refractivity contribution is 8.02. The maximum atomic E-state index is 14.6. The van der Waals surface area contributed by atoms with Crippen LogP contribution in [0.2, 0.25) is 0 Å². The number of nitrogens with zero attached hydrogens (tertiary/aromatic N) is 6. The summed E-state index contributed by atoms with van der Waals surface area (Å²) < 4.78 is 0.782. The summed E-state index contributed by atoms with van der Waals surface area (Å²) in [5.74, 6) is -1.79. The van der Waals surface area contributed by atoms with Crippen LogP contribution in [-0.2, 0) is 21.1 Å². The van der Waals surface area contributed by atoms with E-state index >= 15 is 0 Å². The Morgan fingerprint density at radius 1 is 1.07 bits per heavy atom. The van der Waals surface area contributed by atoms with Crippen molar-refractivity contribution < 1.29 is 19.5 Å². The number of aromatic nitrogens is 3. The van der Waals surface area contributed by atoms with E-state index in [-0.39, 0.29) is 42.2 Å². The van der Waals surface area contributed by atoms with E-state index in [1.165, 1.54) is 0 Å². The fourth-order valence-corrected chi connectivity index (χ4v) is 8.93. The highest BCUT2D eigenvalue weighted by Gasteiger charge is 2.71. The van der Waals surface area contributed by atoms with Crippen molar-refractivity contribution in [3.05, 3.63) is 48.6 Å². The summed E-state index contributed by atoms with van der Waals surface area (Å²) in [5.41, 5.74) is 1.55. The Labute approximate surface area is 238 Å². The first-order chi connectivity index (χ1) is 19.3. The molecule has 0 radical (unpaired) electrons. The van der Waals surface area contributed by atoms with Gasteiger partial charge in [-0.2, -0.15) is 0 Å². The van der Waals surface area contributed by atoms with Crippen LogP contribution in [-0.4, -0.2) is 101 Å². The van der Waals surface area contributed by atoms with Crippen molar-refractivity contribution in [2.75, 3.05) is 26.2 Å². The van der Waals surface area contributed by atoms with Gasteiger partial charge in [-0.15, -0.1) is 16.9 Å². The molecule has 1 spiro atoms. The zero-order valence-electron chi connectivity index (χ0n) is 23.1. The number of thioether (sulfide) groups is 1. The topological polar surface area (TPSA) is 112 Å². The van der Waals surface area contributed by atoms with Gasteiger partial charge in [0.1, 0.15) is 18.2 Å². The first-order valence-electron chi connectivity index (χ1n) is 14.1. The normalized spacial score (nSPS) is 30.6. The van der Waals surface area contributed by atoms with E-state index in [9.17, 15) is 19.5 Å². The van der Waals surface area contributed by atoms with Crippen LogP contribution in [0, 0.1) is 17.8 Å². The number of carbonyl (C=O) groups excluding carboxylic acids is 3. The molecule has 2 aromatic rings. The third-order valence-electron chi connectivity index (χ3n) is 8.80. The number of hydrogen-bond donors (Lipinski definition) is 1. The zero-order valence-corrected chi connectivity index (χ0v) is 23.9. The number of fused-ring (bicyclic) bond motifs is 3. The Hall–Kier alpha value is -3.18. The van der Waals surface area contributed by atoms with Crippen LogP contribution in [0.4, 0.5) is 0 Å². The monoisotopic (exact) mass is 564 g/mol. The minimum atomic E-state index is -0.916. The van der Waals surface area contributed by atoms with Crippen LogP contribution < -0.4 is 0 Å².